The van der Waals surface area contributed by atoms with Gasteiger partial charge in [0.25, 0.3) is 5.91 Å². The Morgan fingerprint density at radius 1 is 1.15 bits per heavy atom. The van der Waals surface area contributed by atoms with Crippen LogP contribution < -0.4 is 16.4 Å². The number of nitrogens with two attached hydrogens (primary N) is 1. The highest BCUT2D eigenvalue weighted by atomic mass is 16.2. The van der Waals surface area contributed by atoms with Crippen LogP contribution in [0.2, 0.25) is 0 Å². The van der Waals surface area contributed by atoms with Gasteiger partial charge in [-0.05, 0) is 41.8 Å². The van der Waals surface area contributed by atoms with E-state index in [4.69, 9.17) is 5.73 Å². The summed E-state index contributed by atoms with van der Waals surface area (Å²) in [6, 6.07) is 12.7. The van der Waals surface area contributed by atoms with Crippen molar-refractivity contribution in [2.75, 3.05) is 11.1 Å². The number of carbonyl (C=O) groups is 3. The molecule has 2 aromatic rings. The lowest BCUT2D eigenvalue weighted by atomic mass is 10.0. The van der Waals surface area contributed by atoms with Crippen LogP contribution in [0.5, 0.6) is 0 Å². The Hall–Kier alpha value is -3.35. The summed E-state index contributed by atoms with van der Waals surface area (Å²) in [6.45, 7) is 0.950. The minimum atomic E-state index is -0.587. The second kappa shape index (κ2) is 6.75. The van der Waals surface area contributed by atoms with E-state index in [9.17, 15) is 14.4 Å². The van der Waals surface area contributed by atoms with Gasteiger partial charge >= 0.3 is 0 Å². The van der Waals surface area contributed by atoms with Crippen molar-refractivity contribution in [3.8, 4) is 0 Å². The number of nitrogen functional groups attached to an aromatic ring is 1. The second-order valence-electron chi connectivity index (χ2n) is 6.87. The summed E-state index contributed by atoms with van der Waals surface area (Å²) in [4.78, 5) is 37.8. The normalized spacial score (nSPS) is 19.0. The van der Waals surface area contributed by atoms with E-state index in [2.05, 4.69) is 10.6 Å². The van der Waals surface area contributed by atoms with Crippen molar-refractivity contribution in [2.24, 2.45) is 0 Å². The molecule has 4 N–H and O–H groups in total. The number of piperidine rings is 1. The van der Waals surface area contributed by atoms with Gasteiger partial charge < -0.3 is 16.0 Å². The largest absolute Gasteiger partial charge is 0.399 e. The molecule has 7 nitrogen and oxygen atoms in total. The molecule has 1 unspecified atom stereocenters. The second-order valence-corrected chi connectivity index (χ2v) is 6.87. The quantitative estimate of drug-likeness (QED) is 0.565. The lowest BCUT2D eigenvalue weighted by Crippen LogP contribution is -2.52. The zero-order chi connectivity index (χ0) is 19.0. The molecule has 2 aliphatic heterocycles. The van der Waals surface area contributed by atoms with Gasteiger partial charge in [-0.15, -0.1) is 0 Å². The van der Waals surface area contributed by atoms with Gasteiger partial charge in [-0.2, -0.15) is 0 Å². The summed E-state index contributed by atoms with van der Waals surface area (Å²) >= 11 is 0. The average Bonchev–Trinajstić information content (AvgIpc) is 2.96. The molecule has 2 aromatic carbocycles. The Labute approximate surface area is 156 Å². The van der Waals surface area contributed by atoms with Crippen molar-refractivity contribution >= 4 is 29.1 Å². The average molecular weight is 364 g/mol. The summed E-state index contributed by atoms with van der Waals surface area (Å²) in [5.41, 5.74) is 9.86. The predicted octanol–water partition coefficient (Wildman–Crippen LogP) is 1.64. The van der Waals surface area contributed by atoms with Crippen molar-refractivity contribution in [2.45, 2.75) is 32.0 Å². The SMILES string of the molecule is Nc1cccc(NCc2ccc3c(c2)C(=O)N(C2CCC(=O)NC2=O)C3)c1. The number of fused-ring (bicyclic) bond motifs is 1. The van der Waals surface area contributed by atoms with Gasteiger partial charge in [0, 0.05) is 36.4 Å². The molecule has 1 fully saturated rings. The summed E-state index contributed by atoms with van der Waals surface area (Å²) in [6.07, 6.45) is 0.625. The Morgan fingerprint density at radius 3 is 2.78 bits per heavy atom. The maximum atomic E-state index is 12.8. The monoisotopic (exact) mass is 364 g/mol. The van der Waals surface area contributed by atoms with Gasteiger partial charge in [0.05, 0.1) is 0 Å². The first-order valence-corrected chi connectivity index (χ1v) is 8.87. The Kier molecular flexibility index (Phi) is 4.27. The van der Waals surface area contributed by atoms with Crippen molar-refractivity contribution in [1.29, 1.82) is 0 Å². The van der Waals surface area contributed by atoms with E-state index in [-0.39, 0.29) is 18.2 Å². The van der Waals surface area contributed by atoms with E-state index in [1.165, 1.54) is 0 Å². The molecular formula is C20H20N4O3. The van der Waals surface area contributed by atoms with Crippen LogP contribution in [-0.4, -0.2) is 28.7 Å². The zero-order valence-electron chi connectivity index (χ0n) is 14.7. The number of nitrogens with one attached hydrogen (secondary N) is 2. The summed E-state index contributed by atoms with van der Waals surface area (Å²) < 4.78 is 0. The first-order valence-electron chi connectivity index (χ1n) is 8.87. The number of nitrogens with zero attached hydrogens (tertiary/aromatic N) is 1. The molecule has 4 rings (SSSR count). The summed E-state index contributed by atoms with van der Waals surface area (Å²) in [7, 11) is 0. The molecule has 2 aliphatic rings. The van der Waals surface area contributed by atoms with Crippen molar-refractivity contribution in [1.82, 2.24) is 10.2 Å². The van der Waals surface area contributed by atoms with Gasteiger partial charge in [0.1, 0.15) is 6.04 Å². The third kappa shape index (κ3) is 3.36. The highest BCUT2D eigenvalue weighted by Gasteiger charge is 2.39. The van der Waals surface area contributed by atoms with Gasteiger partial charge in [-0.1, -0.05) is 18.2 Å². The number of amides is 3. The molecule has 0 aromatic heterocycles. The van der Waals surface area contributed by atoms with Crippen LogP contribution in [0.1, 0.15) is 34.3 Å². The molecule has 27 heavy (non-hydrogen) atoms. The smallest absolute Gasteiger partial charge is 0.255 e. The first-order chi connectivity index (χ1) is 13.0. The number of hydrogen-bond donors (Lipinski definition) is 3. The van der Waals surface area contributed by atoms with Crippen LogP contribution >= 0.6 is 0 Å². The highest BCUT2D eigenvalue weighted by Crippen LogP contribution is 2.28. The fourth-order valence-electron chi connectivity index (χ4n) is 3.56. The fourth-order valence-corrected chi connectivity index (χ4v) is 3.56. The van der Waals surface area contributed by atoms with Crippen LogP contribution in [-0.2, 0) is 22.7 Å². The molecule has 1 atom stereocenters. The molecule has 1 saturated heterocycles. The number of rotatable bonds is 4. The van der Waals surface area contributed by atoms with E-state index in [1.54, 1.807) is 4.90 Å². The first kappa shape index (κ1) is 17.1. The van der Waals surface area contributed by atoms with Crippen LogP contribution in [0.3, 0.4) is 0 Å². The predicted molar refractivity (Wildman–Crippen MR) is 101 cm³/mol. The molecule has 0 spiro atoms. The van der Waals surface area contributed by atoms with E-state index >= 15 is 0 Å². The lowest BCUT2D eigenvalue weighted by Gasteiger charge is -2.29. The van der Waals surface area contributed by atoms with Gasteiger partial charge in [-0.25, -0.2) is 0 Å². The minimum absolute atomic E-state index is 0.162. The van der Waals surface area contributed by atoms with Crippen molar-refractivity contribution in [3.63, 3.8) is 0 Å². The van der Waals surface area contributed by atoms with Gasteiger partial charge in [-0.3, -0.25) is 19.7 Å². The van der Waals surface area contributed by atoms with Crippen LogP contribution in [0, 0.1) is 0 Å². The van der Waals surface area contributed by atoms with Gasteiger partial charge in [0.2, 0.25) is 11.8 Å². The summed E-state index contributed by atoms with van der Waals surface area (Å²) in [5, 5.41) is 5.60. The molecule has 3 amide bonds. The summed E-state index contributed by atoms with van der Waals surface area (Å²) in [5.74, 6) is -0.836. The molecule has 0 bridgehead atoms. The van der Waals surface area contributed by atoms with Crippen molar-refractivity contribution in [3.05, 3.63) is 59.2 Å². The molecule has 138 valence electrons. The Balaban J connectivity index is 1.48. The topological polar surface area (TPSA) is 105 Å². The lowest BCUT2D eigenvalue weighted by molar-refractivity contribution is -0.136. The van der Waals surface area contributed by atoms with E-state index < -0.39 is 11.9 Å². The Bertz CT molecular complexity index is 941. The van der Waals surface area contributed by atoms with Crippen molar-refractivity contribution < 1.29 is 14.4 Å². The number of imide groups is 1. The molecule has 7 heteroatoms. The van der Waals surface area contributed by atoms with E-state index in [1.807, 2.05) is 42.5 Å². The molecule has 0 radical (unpaired) electrons. The minimum Gasteiger partial charge on any atom is -0.399 e. The maximum absolute atomic E-state index is 12.8. The molecular weight excluding hydrogens is 344 g/mol. The molecule has 0 saturated carbocycles. The Morgan fingerprint density at radius 2 is 2.00 bits per heavy atom. The number of carbonyl (C=O) groups excluding carboxylic acids is 3. The van der Waals surface area contributed by atoms with E-state index in [0.29, 0.717) is 30.8 Å². The fraction of sp³-hybridized carbons (Fsp3) is 0.250. The number of anilines is 2. The third-order valence-corrected chi connectivity index (χ3v) is 4.98. The van der Waals surface area contributed by atoms with Crippen LogP contribution in [0.15, 0.2) is 42.5 Å². The standard InChI is InChI=1S/C20H20N4O3/c21-14-2-1-3-15(9-14)22-10-12-4-5-13-11-24(20(27)16(13)8-12)17-6-7-18(25)23-19(17)26/h1-5,8-9,17,22H,6-7,10-11,21H2,(H,23,25,26). The molecule has 2 heterocycles. The van der Waals surface area contributed by atoms with Crippen LogP contribution in [0.25, 0.3) is 0 Å². The van der Waals surface area contributed by atoms with Crippen LogP contribution in [0.4, 0.5) is 11.4 Å². The zero-order valence-corrected chi connectivity index (χ0v) is 14.7. The third-order valence-electron chi connectivity index (χ3n) is 4.98. The van der Waals surface area contributed by atoms with Gasteiger partial charge in [0.15, 0.2) is 0 Å². The van der Waals surface area contributed by atoms with E-state index in [0.717, 1.165) is 16.8 Å². The highest BCUT2D eigenvalue weighted by molar-refractivity contribution is 6.05. The number of benzene rings is 2. The number of hydrogen-bond acceptors (Lipinski definition) is 5. The maximum Gasteiger partial charge on any atom is 0.255 e. The molecule has 0 aliphatic carbocycles.